The Bertz CT molecular complexity index is 415. The number of carbonyl (C=O) groups excluding carboxylic acids is 2. The second-order valence-corrected chi connectivity index (χ2v) is 6.68. The van der Waals surface area contributed by atoms with Crippen LogP contribution in [0.3, 0.4) is 0 Å². The normalized spacial score (nSPS) is 26.2. The van der Waals surface area contributed by atoms with Gasteiger partial charge in [-0.3, -0.25) is 9.69 Å². The third kappa shape index (κ3) is 4.10. The summed E-state index contributed by atoms with van der Waals surface area (Å²) in [5, 5.41) is 0. The summed E-state index contributed by atoms with van der Waals surface area (Å²) in [6, 6.07) is -0.516. The highest BCUT2D eigenvalue weighted by Crippen LogP contribution is 2.24. The molecule has 7 heteroatoms. The lowest BCUT2D eigenvalue weighted by molar-refractivity contribution is -0.140. The molecule has 2 heterocycles. The van der Waals surface area contributed by atoms with Gasteiger partial charge < -0.3 is 19.1 Å². The summed E-state index contributed by atoms with van der Waals surface area (Å²) in [6.45, 7) is 8.03. The molecule has 2 amide bonds. The monoisotopic (exact) mass is 314 g/mol. The van der Waals surface area contributed by atoms with Crippen molar-refractivity contribution in [2.45, 2.75) is 44.9 Å². The van der Waals surface area contributed by atoms with E-state index in [0.717, 1.165) is 0 Å². The van der Waals surface area contributed by atoms with Crippen LogP contribution in [0.5, 0.6) is 0 Å². The molecule has 0 spiro atoms. The largest absolute Gasteiger partial charge is 0.444 e. The van der Waals surface area contributed by atoms with Crippen LogP contribution in [0.1, 0.15) is 27.2 Å². The Labute approximate surface area is 131 Å². The molecule has 0 aromatic heterocycles. The summed E-state index contributed by atoms with van der Waals surface area (Å²) in [6.07, 6.45) is -0.0903. The second-order valence-electron chi connectivity index (χ2n) is 6.68. The van der Waals surface area contributed by atoms with Crippen LogP contribution >= 0.6 is 0 Å². The first kappa shape index (κ1) is 17.0. The van der Waals surface area contributed by atoms with Crippen LogP contribution in [0.15, 0.2) is 0 Å². The highest BCUT2D eigenvalue weighted by atomic mass is 16.6. The molecule has 2 aliphatic rings. The summed E-state index contributed by atoms with van der Waals surface area (Å²) in [5.41, 5.74) is -0.588. The van der Waals surface area contributed by atoms with Crippen molar-refractivity contribution in [3.8, 4) is 0 Å². The number of nitrogens with zero attached hydrogens (tertiary/aromatic N) is 2. The van der Waals surface area contributed by atoms with Crippen molar-refractivity contribution in [3.63, 3.8) is 0 Å². The first-order chi connectivity index (χ1) is 10.3. The molecule has 0 aliphatic carbocycles. The van der Waals surface area contributed by atoms with Crippen molar-refractivity contribution in [2.75, 3.05) is 40.0 Å². The molecule has 2 atom stereocenters. The highest BCUT2D eigenvalue weighted by Gasteiger charge is 2.43. The average Bonchev–Trinajstić information content (AvgIpc) is 2.90. The van der Waals surface area contributed by atoms with Gasteiger partial charge in [0.05, 0.1) is 25.9 Å². The van der Waals surface area contributed by atoms with Gasteiger partial charge in [-0.2, -0.15) is 0 Å². The zero-order valence-corrected chi connectivity index (χ0v) is 13.8. The van der Waals surface area contributed by atoms with E-state index in [-0.39, 0.29) is 12.0 Å². The Kier molecular flexibility index (Phi) is 5.28. The molecule has 0 aromatic rings. The maximum Gasteiger partial charge on any atom is 0.411 e. The Morgan fingerprint density at radius 1 is 1.18 bits per heavy atom. The maximum atomic E-state index is 12.7. The van der Waals surface area contributed by atoms with Crippen LogP contribution in [0, 0.1) is 0 Å². The number of methoxy groups -OCH3 is 1. The predicted octanol–water partition coefficient (Wildman–Crippen LogP) is 0.870. The predicted molar refractivity (Wildman–Crippen MR) is 79.5 cm³/mol. The van der Waals surface area contributed by atoms with Gasteiger partial charge >= 0.3 is 6.09 Å². The fourth-order valence-electron chi connectivity index (χ4n) is 2.72. The average molecular weight is 314 g/mol. The van der Waals surface area contributed by atoms with E-state index in [0.29, 0.717) is 39.3 Å². The maximum absolute atomic E-state index is 12.7. The Morgan fingerprint density at radius 2 is 1.82 bits per heavy atom. The lowest BCUT2D eigenvalue weighted by Gasteiger charge is -2.33. The van der Waals surface area contributed by atoms with Crippen LogP contribution in [0.2, 0.25) is 0 Å². The SMILES string of the molecule is CO[C@H]1C[C@H](C(=O)N2CCOCC2)N(C(=O)OC(C)(C)C)C1. The molecule has 2 rings (SSSR count). The molecule has 2 saturated heterocycles. The number of hydrogen-bond donors (Lipinski definition) is 0. The Morgan fingerprint density at radius 3 is 2.36 bits per heavy atom. The van der Waals surface area contributed by atoms with Crippen molar-refractivity contribution >= 4 is 12.0 Å². The zero-order chi connectivity index (χ0) is 16.3. The van der Waals surface area contributed by atoms with Gasteiger partial charge in [0.25, 0.3) is 0 Å². The molecule has 2 fully saturated rings. The van der Waals surface area contributed by atoms with Crippen molar-refractivity contribution in [1.82, 2.24) is 9.80 Å². The summed E-state index contributed by atoms with van der Waals surface area (Å²) in [7, 11) is 1.60. The summed E-state index contributed by atoms with van der Waals surface area (Å²) >= 11 is 0. The van der Waals surface area contributed by atoms with Crippen LogP contribution < -0.4 is 0 Å². The molecular weight excluding hydrogens is 288 g/mol. The molecule has 0 aromatic carbocycles. The Hall–Kier alpha value is -1.34. The molecule has 0 saturated carbocycles. The molecule has 2 aliphatic heterocycles. The van der Waals surface area contributed by atoms with Crippen molar-refractivity contribution < 1.29 is 23.8 Å². The van der Waals surface area contributed by atoms with Crippen molar-refractivity contribution in [2.24, 2.45) is 0 Å². The number of hydrogen-bond acceptors (Lipinski definition) is 5. The van der Waals surface area contributed by atoms with Gasteiger partial charge in [-0.1, -0.05) is 0 Å². The van der Waals surface area contributed by atoms with Gasteiger partial charge in [-0.15, -0.1) is 0 Å². The van der Waals surface area contributed by atoms with E-state index < -0.39 is 17.7 Å². The second kappa shape index (κ2) is 6.83. The number of likely N-dealkylation sites (tertiary alicyclic amines) is 1. The zero-order valence-electron chi connectivity index (χ0n) is 13.8. The van der Waals surface area contributed by atoms with Gasteiger partial charge in [0, 0.05) is 26.6 Å². The highest BCUT2D eigenvalue weighted by molar-refractivity contribution is 5.86. The van der Waals surface area contributed by atoms with Gasteiger partial charge in [-0.25, -0.2) is 4.79 Å². The Balaban J connectivity index is 2.08. The van der Waals surface area contributed by atoms with Crippen LogP contribution in [-0.2, 0) is 19.0 Å². The van der Waals surface area contributed by atoms with E-state index in [1.807, 2.05) is 20.8 Å². The van der Waals surface area contributed by atoms with Crippen LogP contribution in [-0.4, -0.2) is 79.5 Å². The third-order valence-electron chi connectivity index (χ3n) is 3.83. The van der Waals surface area contributed by atoms with E-state index in [1.165, 1.54) is 4.90 Å². The van der Waals surface area contributed by atoms with E-state index in [9.17, 15) is 9.59 Å². The third-order valence-corrected chi connectivity index (χ3v) is 3.83. The fourth-order valence-corrected chi connectivity index (χ4v) is 2.72. The van der Waals surface area contributed by atoms with Gasteiger partial charge in [0.2, 0.25) is 5.91 Å². The molecule has 0 N–H and O–H groups in total. The first-order valence-electron chi connectivity index (χ1n) is 7.71. The van der Waals surface area contributed by atoms with Gasteiger partial charge in [0.1, 0.15) is 11.6 Å². The summed E-state index contributed by atoms with van der Waals surface area (Å²) in [5.74, 6) is -0.0475. The number of morpholine rings is 1. The van der Waals surface area contributed by atoms with E-state index in [2.05, 4.69) is 0 Å². The molecule has 126 valence electrons. The fraction of sp³-hybridized carbons (Fsp3) is 0.867. The molecule has 0 bridgehead atoms. The smallest absolute Gasteiger partial charge is 0.411 e. The van der Waals surface area contributed by atoms with Crippen molar-refractivity contribution in [3.05, 3.63) is 0 Å². The van der Waals surface area contributed by atoms with E-state index in [4.69, 9.17) is 14.2 Å². The lowest BCUT2D eigenvalue weighted by atomic mass is 10.1. The van der Waals surface area contributed by atoms with Crippen molar-refractivity contribution in [1.29, 1.82) is 0 Å². The molecule has 22 heavy (non-hydrogen) atoms. The first-order valence-corrected chi connectivity index (χ1v) is 7.71. The number of ether oxygens (including phenoxy) is 3. The quantitative estimate of drug-likeness (QED) is 0.756. The number of carbonyl (C=O) groups is 2. The summed E-state index contributed by atoms with van der Waals surface area (Å²) < 4.78 is 16.0. The lowest BCUT2D eigenvalue weighted by Crippen LogP contribution is -2.51. The molecule has 7 nitrogen and oxygen atoms in total. The van der Waals surface area contributed by atoms with E-state index in [1.54, 1.807) is 12.0 Å². The van der Waals surface area contributed by atoms with Gasteiger partial charge in [0.15, 0.2) is 0 Å². The van der Waals surface area contributed by atoms with E-state index >= 15 is 0 Å². The minimum atomic E-state index is -0.588. The topological polar surface area (TPSA) is 68.3 Å². The van der Waals surface area contributed by atoms with Gasteiger partial charge in [-0.05, 0) is 20.8 Å². The van der Waals surface area contributed by atoms with Crippen LogP contribution in [0.25, 0.3) is 0 Å². The summed E-state index contributed by atoms with van der Waals surface area (Å²) in [4.78, 5) is 28.3. The number of amides is 2. The number of rotatable bonds is 2. The minimum absolute atomic E-state index is 0.0475. The molecule has 0 radical (unpaired) electrons. The van der Waals surface area contributed by atoms with Crippen LogP contribution in [0.4, 0.5) is 4.79 Å². The molecule has 0 unspecified atom stereocenters. The standard InChI is InChI=1S/C15H26N2O5/c1-15(2,3)22-14(19)17-10-11(20-4)9-12(17)13(18)16-5-7-21-8-6-16/h11-12H,5-10H2,1-4H3/t11-,12+/m0/s1. The minimum Gasteiger partial charge on any atom is -0.444 e. The molecular formula is C15H26N2O5.